The molecule has 4 heteroatoms. The summed E-state index contributed by atoms with van der Waals surface area (Å²) in [7, 11) is 0. The number of rotatable bonds is 4. The lowest BCUT2D eigenvalue weighted by molar-refractivity contribution is -0.122. The van der Waals surface area contributed by atoms with Gasteiger partial charge in [-0.3, -0.25) is 4.79 Å². The van der Waals surface area contributed by atoms with Crippen LogP contribution in [0.25, 0.3) is 0 Å². The maximum atomic E-state index is 12.2. The number of carbonyl (C=O) groups excluding carboxylic acids is 1. The standard InChI is InChI=1S/C13H18BrNOS/c1-2-9(14)8-15-13(16)11-4-3-5-12-10(11)6-7-17-12/h6-7,9,11H,2-5,8H2,1H3,(H,15,16). The van der Waals surface area contributed by atoms with E-state index >= 15 is 0 Å². The van der Waals surface area contributed by atoms with Crippen LogP contribution >= 0.6 is 27.3 Å². The highest BCUT2D eigenvalue weighted by atomic mass is 79.9. The molecule has 94 valence electrons. The maximum Gasteiger partial charge on any atom is 0.227 e. The lowest BCUT2D eigenvalue weighted by atomic mass is 9.87. The molecule has 1 heterocycles. The van der Waals surface area contributed by atoms with Crippen LogP contribution in [0.1, 0.15) is 42.5 Å². The maximum absolute atomic E-state index is 12.2. The molecule has 1 aliphatic rings. The molecule has 2 unspecified atom stereocenters. The van der Waals surface area contributed by atoms with Crippen molar-refractivity contribution in [3.8, 4) is 0 Å². The van der Waals surface area contributed by atoms with Crippen LogP contribution < -0.4 is 5.32 Å². The second kappa shape index (κ2) is 6.01. The zero-order valence-electron chi connectivity index (χ0n) is 10.0. The Kier molecular flexibility index (Phi) is 4.62. The molecule has 0 saturated carbocycles. The van der Waals surface area contributed by atoms with E-state index in [0.717, 1.165) is 32.2 Å². The SMILES string of the molecule is CCC(Br)CNC(=O)C1CCCc2sccc21. The Morgan fingerprint density at radius 2 is 2.53 bits per heavy atom. The van der Waals surface area contributed by atoms with Crippen molar-refractivity contribution in [3.05, 3.63) is 21.9 Å². The first-order valence-corrected chi connectivity index (χ1v) is 8.00. The number of halogens is 1. The van der Waals surface area contributed by atoms with Gasteiger partial charge in [-0.1, -0.05) is 22.9 Å². The molecule has 0 saturated heterocycles. The number of hydrogen-bond donors (Lipinski definition) is 1. The molecular weight excluding hydrogens is 298 g/mol. The summed E-state index contributed by atoms with van der Waals surface area (Å²) in [5.41, 5.74) is 1.27. The largest absolute Gasteiger partial charge is 0.354 e. The topological polar surface area (TPSA) is 29.1 Å². The molecular formula is C13H18BrNOS. The number of hydrogen-bond acceptors (Lipinski definition) is 2. The predicted octanol–water partition coefficient (Wildman–Crippen LogP) is 3.46. The van der Waals surface area contributed by atoms with Gasteiger partial charge >= 0.3 is 0 Å². The predicted molar refractivity (Wildman–Crippen MR) is 76.0 cm³/mol. The molecule has 0 fully saturated rings. The van der Waals surface area contributed by atoms with Crippen LogP contribution in [-0.4, -0.2) is 17.3 Å². The number of carbonyl (C=O) groups is 1. The van der Waals surface area contributed by atoms with Crippen molar-refractivity contribution in [1.29, 1.82) is 0 Å². The van der Waals surface area contributed by atoms with Gasteiger partial charge in [-0.05, 0) is 42.7 Å². The highest BCUT2D eigenvalue weighted by Gasteiger charge is 2.27. The molecule has 2 nitrogen and oxygen atoms in total. The summed E-state index contributed by atoms with van der Waals surface area (Å²) < 4.78 is 0. The molecule has 1 amide bonds. The summed E-state index contributed by atoms with van der Waals surface area (Å²) in [6.45, 7) is 2.84. The van der Waals surface area contributed by atoms with Gasteiger partial charge in [0.1, 0.15) is 0 Å². The number of aryl methyl sites for hydroxylation is 1. The van der Waals surface area contributed by atoms with Crippen LogP contribution in [0.15, 0.2) is 11.4 Å². The quantitative estimate of drug-likeness (QED) is 0.847. The fourth-order valence-corrected chi connectivity index (χ4v) is 3.39. The molecule has 0 aromatic carbocycles. The van der Waals surface area contributed by atoms with Crippen LogP contribution in [0.5, 0.6) is 0 Å². The monoisotopic (exact) mass is 315 g/mol. The summed E-state index contributed by atoms with van der Waals surface area (Å²) in [5, 5.41) is 5.16. The minimum atomic E-state index is 0.0848. The fourth-order valence-electron chi connectivity index (χ4n) is 2.24. The van der Waals surface area contributed by atoms with E-state index in [9.17, 15) is 4.79 Å². The van der Waals surface area contributed by atoms with Crippen LogP contribution in [0, 0.1) is 0 Å². The third kappa shape index (κ3) is 3.10. The molecule has 2 rings (SSSR count). The Bertz CT molecular complexity index is 391. The normalized spacial score (nSPS) is 20.7. The first-order chi connectivity index (χ1) is 8.22. The van der Waals surface area contributed by atoms with Crippen molar-refractivity contribution >= 4 is 33.2 Å². The Balaban J connectivity index is 1.97. The molecule has 0 bridgehead atoms. The number of nitrogens with one attached hydrogen (secondary N) is 1. The Morgan fingerprint density at radius 1 is 1.71 bits per heavy atom. The molecule has 1 aromatic rings. The molecule has 1 aliphatic carbocycles. The van der Waals surface area contributed by atoms with Crippen LogP contribution in [0.2, 0.25) is 0 Å². The summed E-state index contributed by atoms with van der Waals surface area (Å²) in [6.07, 6.45) is 4.31. The lowest BCUT2D eigenvalue weighted by Crippen LogP contribution is -2.34. The van der Waals surface area contributed by atoms with E-state index in [4.69, 9.17) is 0 Å². The Labute approximate surface area is 115 Å². The van der Waals surface area contributed by atoms with Crippen molar-refractivity contribution in [2.45, 2.75) is 43.4 Å². The first-order valence-electron chi connectivity index (χ1n) is 6.20. The first kappa shape index (κ1) is 13.1. The van der Waals surface area contributed by atoms with Gasteiger partial charge in [0.2, 0.25) is 5.91 Å². The number of thiophene rings is 1. The summed E-state index contributed by atoms with van der Waals surface area (Å²) in [6, 6.07) is 2.12. The van der Waals surface area contributed by atoms with Crippen molar-refractivity contribution in [2.75, 3.05) is 6.54 Å². The molecule has 0 spiro atoms. The smallest absolute Gasteiger partial charge is 0.227 e. The van der Waals surface area contributed by atoms with Gasteiger partial charge < -0.3 is 5.32 Å². The summed E-state index contributed by atoms with van der Waals surface area (Å²) in [5.74, 6) is 0.281. The van der Waals surface area contributed by atoms with Crippen molar-refractivity contribution in [2.24, 2.45) is 0 Å². The number of alkyl halides is 1. The number of amides is 1. The van der Waals surface area contributed by atoms with Crippen molar-refractivity contribution in [1.82, 2.24) is 5.32 Å². The van der Waals surface area contributed by atoms with E-state index < -0.39 is 0 Å². The van der Waals surface area contributed by atoms with Crippen molar-refractivity contribution < 1.29 is 4.79 Å². The second-order valence-corrected chi connectivity index (χ2v) is 6.79. The average Bonchev–Trinajstić information content (AvgIpc) is 2.83. The van der Waals surface area contributed by atoms with E-state index in [1.54, 1.807) is 11.3 Å². The van der Waals surface area contributed by atoms with E-state index in [-0.39, 0.29) is 11.8 Å². The van der Waals surface area contributed by atoms with Gasteiger partial charge in [-0.2, -0.15) is 0 Å². The molecule has 1 aromatic heterocycles. The van der Waals surface area contributed by atoms with Gasteiger partial charge in [-0.15, -0.1) is 11.3 Å². The van der Waals surface area contributed by atoms with Crippen LogP contribution in [0.4, 0.5) is 0 Å². The molecule has 1 N–H and O–H groups in total. The Morgan fingerprint density at radius 3 is 3.29 bits per heavy atom. The minimum Gasteiger partial charge on any atom is -0.354 e. The van der Waals surface area contributed by atoms with Gasteiger partial charge in [0.15, 0.2) is 0 Å². The Hall–Kier alpha value is -0.350. The van der Waals surface area contributed by atoms with Gasteiger partial charge in [0.05, 0.1) is 5.92 Å². The minimum absolute atomic E-state index is 0.0848. The zero-order valence-corrected chi connectivity index (χ0v) is 12.4. The fraction of sp³-hybridized carbons (Fsp3) is 0.615. The highest BCUT2D eigenvalue weighted by Crippen LogP contribution is 2.34. The summed E-state index contributed by atoms with van der Waals surface area (Å²) in [4.78, 5) is 13.9. The van der Waals surface area contributed by atoms with E-state index in [1.165, 1.54) is 10.4 Å². The third-order valence-electron chi connectivity index (χ3n) is 3.31. The highest BCUT2D eigenvalue weighted by molar-refractivity contribution is 9.09. The molecule has 0 radical (unpaired) electrons. The van der Waals surface area contributed by atoms with E-state index in [2.05, 4.69) is 39.6 Å². The van der Waals surface area contributed by atoms with E-state index in [0.29, 0.717) is 4.83 Å². The number of fused-ring (bicyclic) bond motifs is 1. The van der Waals surface area contributed by atoms with Crippen molar-refractivity contribution in [3.63, 3.8) is 0 Å². The molecule has 2 atom stereocenters. The van der Waals surface area contributed by atoms with Crippen LogP contribution in [0.3, 0.4) is 0 Å². The second-order valence-electron chi connectivity index (χ2n) is 4.49. The average molecular weight is 316 g/mol. The lowest BCUT2D eigenvalue weighted by Gasteiger charge is -2.22. The van der Waals surface area contributed by atoms with Gasteiger partial charge in [0, 0.05) is 16.2 Å². The summed E-state index contributed by atoms with van der Waals surface area (Å²) >= 11 is 5.33. The molecule has 17 heavy (non-hydrogen) atoms. The third-order valence-corrected chi connectivity index (χ3v) is 5.28. The molecule has 0 aliphatic heterocycles. The zero-order chi connectivity index (χ0) is 12.3. The van der Waals surface area contributed by atoms with Gasteiger partial charge in [0.25, 0.3) is 0 Å². The van der Waals surface area contributed by atoms with E-state index in [1.807, 2.05) is 0 Å². The van der Waals surface area contributed by atoms with Crippen LogP contribution in [-0.2, 0) is 11.2 Å². The van der Waals surface area contributed by atoms with Gasteiger partial charge in [-0.25, -0.2) is 0 Å².